The van der Waals surface area contributed by atoms with Crippen molar-refractivity contribution in [2.24, 2.45) is 4.99 Å². The number of rotatable bonds is 3. The highest BCUT2D eigenvalue weighted by molar-refractivity contribution is 7.19. The Hall–Kier alpha value is -5.51. The molecule has 0 fully saturated rings. The van der Waals surface area contributed by atoms with E-state index in [1.54, 1.807) is 0 Å². The Labute approximate surface area is 265 Å². The van der Waals surface area contributed by atoms with Crippen molar-refractivity contribution in [1.82, 2.24) is 5.32 Å². The van der Waals surface area contributed by atoms with Crippen LogP contribution in [0.1, 0.15) is 22.0 Å². The molecule has 0 spiro atoms. The van der Waals surface area contributed by atoms with E-state index in [9.17, 15) is 0 Å². The number of fused-ring (bicyclic) bond motifs is 7. The van der Waals surface area contributed by atoms with Gasteiger partial charge in [-0.25, -0.2) is 4.99 Å². The predicted molar refractivity (Wildman–Crippen MR) is 191 cm³/mol. The number of amidine groups is 1. The largest absolute Gasteiger partial charge is 0.358 e. The van der Waals surface area contributed by atoms with E-state index >= 15 is 0 Å². The third-order valence-electron chi connectivity index (χ3n) is 9.46. The van der Waals surface area contributed by atoms with Gasteiger partial charge in [-0.3, -0.25) is 0 Å². The summed E-state index contributed by atoms with van der Waals surface area (Å²) in [6.07, 6.45) is 0. The first-order valence-corrected chi connectivity index (χ1v) is 16.2. The van der Waals surface area contributed by atoms with Crippen molar-refractivity contribution in [2.75, 3.05) is 0 Å². The lowest BCUT2D eigenvalue weighted by molar-refractivity contribution is 0.767. The van der Waals surface area contributed by atoms with E-state index in [-0.39, 0.29) is 6.04 Å². The van der Waals surface area contributed by atoms with Gasteiger partial charge in [-0.15, -0.1) is 11.3 Å². The molecule has 0 bridgehead atoms. The van der Waals surface area contributed by atoms with Crippen molar-refractivity contribution in [2.45, 2.75) is 6.04 Å². The topological polar surface area (TPSA) is 24.4 Å². The molecule has 1 unspecified atom stereocenters. The first-order chi connectivity index (χ1) is 22.3. The molecule has 8 aromatic rings. The Bertz CT molecular complexity index is 2520. The minimum Gasteiger partial charge on any atom is -0.358 e. The van der Waals surface area contributed by atoms with Gasteiger partial charge < -0.3 is 5.32 Å². The fourth-order valence-corrected chi connectivity index (χ4v) is 8.67. The maximum atomic E-state index is 5.46. The van der Waals surface area contributed by atoms with Gasteiger partial charge in [0.25, 0.3) is 0 Å². The van der Waals surface area contributed by atoms with E-state index in [0.717, 1.165) is 17.1 Å². The molecule has 1 aliphatic carbocycles. The molecule has 1 N–H and O–H groups in total. The Morgan fingerprint density at radius 3 is 2.07 bits per heavy atom. The van der Waals surface area contributed by atoms with Crippen LogP contribution in [0, 0.1) is 0 Å². The highest BCUT2D eigenvalue weighted by Gasteiger charge is 2.33. The highest BCUT2D eigenvalue weighted by Crippen LogP contribution is 2.53. The highest BCUT2D eigenvalue weighted by atomic mass is 32.1. The van der Waals surface area contributed by atoms with Crippen LogP contribution >= 0.6 is 11.3 Å². The van der Waals surface area contributed by atoms with E-state index < -0.39 is 0 Å². The van der Waals surface area contributed by atoms with Gasteiger partial charge in [0.15, 0.2) is 0 Å². The maximum Gasteiger partial charge on any atom is 0.135 e. The molecule has 3 heteroatoms. The van der Waals surface area contributed by atoms with E-state index in [4.69, 9.17) is 4.99 Å². The zero-order chi connectivity index (χ0) is 29.5. The first-order valence-electron chi connectivity index (χ1n) is 15.4. The van der Waals surface area contributed by atoms with Crippen LogP contribution in [0.3, 0.4) is 0 Å². The van der Waals surface area contributed by atoms with Crippen molar-refractivity contribution in [3.05, 3.63) is 162 Å². The summed E-state index contributed by atoms with van der Waals surface area (Å²) in [5.74, 6) is 0.921. The van der Waals surface area contributed by atoms with Gasteiger partial charge >= 0.3 is 0 Å². The number of thiophene rings is 1. The average molecular weight is 591 g/mol. The molecule has 0 saturated carbocycles. The van der Waals surface area contributed by atoms with Crippen molar-refractivity contribution < 1.29 is 0 Å². The molecule has 2 heterocycles. The van der Waals surface area contributed by atoms with Crippen LogP contribution in [0.5, 0.6) is 0 Å². The Balaban J connectivity index is 1.24. The molecule has 0 saturated heterocycles. The lowest BCUT2D eigenvalue weighted by Gasteiger charge is -2.27. The number of hydrogen-bond donors (Lipinski definition) is 1. The summed E-state index contributed by atoms with van der Waals surface area (Å²) in [6, 6.07) is 52.9. The summed E-state index contributed by atoms with van der Waals surface area (Å²) in [4.78, 5) is 6.73. The first kappa shape index (κ1) is 24.9. The van der Waals surface area contributed by atoms with Crippen LogP contribution in [0.2, 0.25) is 0 Å². The van der Waals surface area contributed by atoms with Crippen LogP contribution in [-0.4, -0.2) is 5.84 Å². The number of aliphatic imine (C=N–C) groups is 1. The number of nitrogens with one attached hydrogen (secondary N) is 1. The summed E-state index contributed by atoms with van der Waals surface area (Å²) < 4.78 is 1.27. The third-order valence-corrected chi connectivity index (χ3v) is 10.7. The Kier molecular flexibility index (Phi) is 5.25. The van der Waals surface area contributed by atoms with Crippen molar-refractivity contribution in [3.63, 3.8) is 0 Å². The summed E-state index contributed by atoms with van der Waals surface area (Å²) >= 11 is 1.85. The van der Waals surface area contributed by atoms with Gasteiger partial charge in [0.1, 0.15) is 5.84 Å². The molecule has 1 aromatic heterocycles. The summed E-state index contributed by atoms with van der Waals surface area (Å²) in [5, 5.41) is 10.3. The van der Waals surface area contributed by atoms with Gasteiger partial charge in [-0.2, -0.15) is 0 Å². The minimum absolute atomic E-state index is 0.0153. The van der Waals surface area contributed by atoms with E-state index in [1.165, 1.54) is 75.5 Å². The van der Waals surface area contributed by atoms with Gasteiger partial charge in [-0.05, 0) is 73.1 Å². The number of benzene rings is 7. The fourth-order valence-electron chi connectivity index (χ4n) is 7.44. The van der Waals surface area contributed by atoms with E-state index in [0.29, 0.717) is 0 Å². The lowest BCUT2D eigenvalue weighted by atomic mass is 9.89. The SMILES string of the molecule is c1ccc(-c2ccc(C3=Nc4c(sc5ccccc45)C(c4ccc5ccccc5c4)N3)c3c2-c2cccc4cccc-3c24)cc1. The van der Waals surface area contributed by atoms with Gasteiger partial charge in [0.2, 0.25) is 0 Å². The van der Waals surface area contributed by atoms with Crippen LogP contribution < -0.4 is 5.32 Å². The molecule has 7 aromatic carbocycles. The molecule has 0 amide bonds. The quantitative estimate of drug-likeness (QED) is 0.217. The smallest absolute Gasteiger partial charge is 0.135 e. The zero-order valence-corrected chi connectivity index (χ0v) is 25.1. The second kappa shape index (κ2) is 9.49. The monoisotopic (exact) mass is 590 g/mol. The number of hydrogen-bond acceptors (Lipinski definition) is 3. The number of nitrogens with zero attached hydrogens (tertiary/aromatic N) is 1. The van der Waals surface area contributed by atoms with Crippen molar-refractivity contribution >= 4 is 54.5 Å². The molecule has 2 aliphatic rings. The molecular weight excluding hydrogens is 565 g/mol. The van der Waals surface area contributed by atoms with E-state index in [1.807, 2.05) is 11.3 Å². The van der Waals surface area contributed by atoms with Crippen LogP contribution in [0.15, 0.2) is 151 Å². The maximum absolute atomic E-state index is 5.46. The normalized spacial score (nSPS) is 14.8. The second-order valence-corrected chi connectivity index (χ2v) is 13.0. The molecular formula is C42H26N2S. The zero-order valence-electron chi connectivity index (χ0n) is 24.3. The Morgan fingerprint density at radius 1 is 0.533 bits per heavy atom. The fraction of sp³-hybridized carbons (Fsp3) is 0.0238. The van der Waals surface area contributed by atoms with Crippen LogP contribution in [0.4, 0.5) is 5.69 Å². The second-order valence-electron chi connectivity index (χ2n) is 11.9. The van der Waals surface area contributed by atoms with Crippen molar-refractivity contribution in [3.8, 4) is 33.4 Å². The third kappa shape index (κ3) is 3.65. The Morgan fingerprint density at radius 2 is 1.22 bits per heavy atom. The van der Waals surface area contributed by atoms with Gasteiger partial charge in [0.05, 0.1) is 16.6 Å². The minimum atomic E-state index is -0.0153. The summed E-state index contributed by atoms with van der Waals surface area (Å²) in [5.41, 5.74) is 11.1. The molecule has 210 valence electrons. The van der Waals surface area contributed by atoms with Gasteiger partial charge in [-0.1, -0.05) is 127 Å². The van der Waals surface area contributed by atoms with E-state index in [2.05, 4.69) is 151 Å². The van der Waals surface area contributed by atoms with Crippen LogP contribution in [-0.2, 0) is 0 Å². The molecule has 0 radical (unpaired) electrons. The van der Waals surface area contributed by atoms with Crippen LogP contribution in [0.25, 0.3) is 65.0 Å². The summed E-state index contributed by atoms with van der Waals surface area (Å²) in [6.45, 7) is 0. The predicted octanol–water partition coefficient (Wildman–Crippen LogP) is 11.3. The molecule has 1 aliphatic heterocycles. The van der Waals surface area contributed by atoms with Gasteiger partial charge in [0, 0.05) is 21.2 Å². The molecule has 45 heavy (non-hydrogen) atoms. The standard InChI is InChI=1S/C42H26N2S/c1-2-11-26(12-3-1)30-22-23-34(38-33-18-9-15-27-14-8-17-32(36(27)33)37(30)38)42-43-39(29-21-20-25-10-4-5-13-28(25)24-29)41-40(44-42)31-16-6-7-19-35(31)45-41/h1-24,39H,(H,43,44). The van der Waals surface area contributed by atoms with Crippen molar-refractivity contribution in [1.29, 1.82) is 0 Å². The lowest BCUT2D eigenvalue weighted by Crippen LogP contribution is -2.32. The molecule has 2 nitrogen and oxygen atoms in total. The summed E-state index contributed by atoms with van der Waals surface area (Å²) in [7, 11) is 0. The molecule has 10 rings (SSSR count). The average Bonchev–Trinajstić information content (AvgIpc) is 3.65. The molecule has 1 atom stereocenters.